The van der Waals surface area contributed by atoms with Gasteiger partial charge in [-0.25, -0.2) is 0 Å². The van der Waals surface area contributed by atoms with Crippen molar-refractivity contribution in [2.24, 2.45) is 0 Å². The summed E-state index contributed by atoms with van der Waals surface area (Å²) in [6, 6.07) is 29.9. The highest BCUT2D eigenvalue weighted by molar-refractivity contribution is 5.95. The van der Waals surface area contributed by atoms with Gasteiger partial charge in [-0.1, -0.05) is 72.8 Å². The minimum atomic E-state index is -0.0589. The molecule has 1 fully saturated rings. The first-order chi connectivity index (χ1) is 16.3. The van der Waals surface area contributed by atoms with E-state index >= 15 is 0 Å². The normalized spacial score (nSPS) is 17.7. The SMILES string of the molecule is O=C(N[C@H]1CCC[C@@H]1OCc1ccccc1)c1ccc(-c2cc(-c3ccccc3)n[nH]2)cc1. The van der Waals surface area contributed by atoms with E-state index in [4.69, 9.17) is 4.74 Å². The molecular weight excluding hydrogens is 410 g/mol. The van der Waals surface area contributed by atoms with Crippen LogP contribution in [0.1, 0.15) is 35.2 Å². The van der Waals surface area contributed by atoms with Crippen LogP contribution in [0.2, 0.25) is 0 Å². The highest BCUT2D eigenvalue weighted by Crippen LogP contribution is 2.25. The maximum Gasteiger partial charge on any atom is 0.251 e. The van der Waals surface area contributed by atoms with Crippen molar-refractivity contribution in [1.29, 1.82) is 0 Å². The fraction of sp³-hybridized carbons (Fsp3) is 0.214. The van der Waals surface area contributed by atoms with E-state index in [0.29, 0.717) is 12.2 Å². The zero-order valence-corrected chi connectivity index (χ0v) is 18.4. The molecule has 0 spiro atoms. The van der Waals surface area contributed by atoms with Gasteiger partial charge in [-0.2, -0.15) is 5.10 Å². The Morgan fingerprint density at radius 1 is 0.909 bits per heavy atom. The van der Waals surface area contributed by atoms with Crippen LogP contribution in [0, 0.1) is 0 Å². The quantitative estimate of drug-likeness (QED) is 0.395. The van der Waals surface area contributed by atoms with E-state index in [2.05, 4.69) is 27.6 Å². The Hall–Kier alpha value is -3.70. The van der Waals surface area contributed by atoms with Gasteiger partial charge in [0.15, 0.2) is 0 Å². The summed E-state index contributed by atoms with van der Waals surface area (Å²) in [5.74, 6) is -0.0589. The van der Waals surface area contributed by atoms with E-state index in [1.54, 1.807) is 0 Å². The molecule has 0 bridgehead atoms. The second-order valence-corrected chi connectivity index (χ2v) is 8.46. The Labute approximate surface area is 193 Å². The van der Waals surface area contributed by atoms with Gasteiger partial charge >= 0.3 is 0 Å². The zero-order chi connectivity index (χ0) is 22.5. The molecule has 5 heteroatoms. The molecule has 1 heterocycles. The lowest BCUT2D eigenvalue weighted by molar-refractivity contribution is 0.0272. The van der Waals surface area contributed by atoms with Crippen LogP contribution in [0.3, 0.4) is 0 Å². The number of carbonyl (C=O) groups is 1. The maximum atomic E-state index is 12.9. The monoisotopic (exact) mass is 437 g/mol. The number of aromatic amines is 1. The topological polar surface area (TPSA) is 67.0 Å². The average molecular weight is 438 g/mol. The Morgan fingerprint density at radius 3 is 2.39 bits per heavy atom. The summed E-state index contributed by atoms with van der Waals surface area (Å²) < 4.78 is 6.13. The molecule has 1 aromatic heterocycles. The lowest BCUT2D eigenvalue weighted by Crippen LogP contribution is -2.41. The molecule has 1 aliphatic carbocycles. The van der Waals surface area contributed by atoms with Crippen molar-refractivity contribution in [2.75, 3.05) is 0 Å². The molecule has 4 aromatic rings. The molecule has 5 rings (SSSR count). The number of hydrogen-bond acceptors (Lipinski definition) is 3. The van der Waals surface area contributed by atoms with E-state index in [-0.39, 0.29) is 18.1 Å². The van der Waals surface area contributed by atoms with Crippen molar-refractivity contribution >= 4 is 5.91 Å². The van der Waals surface area contributed by atoms with Gasteiger partial charge in [0, 0.05) is 11.1 Å². The number of rotatable bonds is 7. The average Bonchev–Trinajstić information content (AvgIpc) is 3.54. The second-order valence-electron chi connectivity index (χ2n) is 8.46. The molecule has 0 unspecified atom stereocenters. The number of carbonyl (C=O) groups excluding carboxylic acids is 1. The molecule has 1 amide bonds. The minimum Gasteiger partial charge on any atom is -0.371 e. The third-order valence-electron chi connectivity index (χ3n) is 6.18. The summed E-state index contributed by atoms with van der Waals surface area (Å²) in [4.78, 5) is 12.9. The molecule has 166 valence electrons. The number of benzene rings is 3. The Balaban J connectivity index is 1.20. The fourth-order valence-corrected chi connectivity index (χ4v) is 4.35. The molecule has 0 saturated heterocycles. The number of H-pyrrole nitrogens is 1. The largest absolute Gasteiger partial charge is 0.371 e. The first-order valence-electron chi connectivity index (χ1n) is 11.4. The summed E-state index contributed by atoms with van der Waals surface area (Å²) in [7, 11) is 0. The Bertz CT molecular complexity index is 1190. The minimum absolute atomic E-state index is 0.0435. The van der Waals surface area contributed by atoms with Gasteiger partial charge in [0.1, 0.15) is 0 Å². The molecule has 2 atom stereocenters. The number of nitrogens with one attached hydrogen (secondary N) is 2. The van der Waals surface area contributed by atoms with Crippen molar-refractivity contribution in [3.05, 3.63) is 102 Å². The van der Waals surface area contributed by atoms with Crippen LogP contribution >= 0.6 is 0 Å². The van der Waals surface area contributed by atoms with Gasteiger partial charge in [-0.15, -0.1) is 0 Å². The predicted molar refractivity (Wildman–Crippen MR) is 130 cm³/mol. The molecule has 0 aliphatic heterocycles. The van der Waals surface area contributed by atoms with Crippen LogP contribution in [0.25, 0.3) is 22.5 Å². The van der Waals surface area contributed by atoms with E-state index in [9.17, 15) is 4.79 Å². The van der Waals surface area contributed by atoms with Crippen LogP contribution in [0.15, 0.2) is 91.0 Å². The van der Waals surface area contributed by atoms with Crippen LogP contribution in [0.5, 0.6) is 0 Å². The van der Waals surface area contributed by atoms with Crippen LogP contribution in [-0.4, -0.2) is 28.3 Å². The predicted octanol–water partition coefficient (Wildman–Crippen LogP) is 5.61. The highest BCUT2D eigenvalue weighted by atomic mass is 16.5. The van der Waals surface area contributed by atoms with Crippen molar-refractivity contribution < 1.29 is 9.53 Å². The summed E-state index contributed by atoms with van der Waals surface area (Å²) in [5.41, 5.74) is 5.68. The lowest BCUT2D eigenvalue weighted by atomic mass is 10.1. The number of hydrogen-bond donors (Lipinski definition) is 2. The van der Waals surface area contributed by atoms with Gasteiger partial charge in [-0.3, -0.25) is 9.89 Å². The Kier molecular flexibility index (Phi) is 6.31. The fourth-order valence-electron chi connectivity index (χ4n) is 4.35. The summed E-state index contributed by atoms with van der Waals surface area (Å²) in [6.07, 6.45) is 3.03. The molecule has 1 aliphatic rings. The lowest BCUT2D eigenvalue weighted by Gasteiger charge is -2.21. The van der Waals surface area contributed by atoms with Crippen LogP contribution in [0.4, 0.5) is 0 Å². The van der Waals surface area contributed by atoms with Gasteiger partial charge < -0.3 is 10.1 Å². The van der Waals surface area contributed by atoms with Crippen LogP contribution in [-0.2, 0) is 11.3 Å². The van der Waals surface area contributed by atoms with Crippen molar-refractivity contribution in [2.45, 2.75) is 38.0 Å². The number of aromatic nitrogens is 2. The molecular formula is C28H27N3O2. The number of amides is 1. The third kappa shape index (κ3) is 5.04. The Morgan fingerprint density at radius 2 is 1.64 bits per heavy atom. The standard InChI is InChI=1S/C28H27N3O2/c32-28(29-24-12-7-13-27(24)33-19-20-8-3-1-4-9-20)23-16-14-22(15-17-23)26-18-25(30-31-26)21-10-5-2-6-11-21/h1-6,8-11,14-18,24,27H,7,12-13,19H2,(H,29,32)(H,30,31)/t24-,27-/m0/s1. The molecule has 1 saturated carbocycles. The van der Waals surface area contributed by atoms with Crippen molar-refractivity contribution in [3.8, 4) is 22.5 Å². The van der Waals surface area contributed by atoms with E-state index < -0.39 is 0 Å². The molecule has 3 aromatic carbocycles. The third-order valence-corrected chi connectivity index (χ3v) is 6.18. The first kappa shape index (κ1) is 21.2. The summed E-state index contributed by atoms with van der Waals surface area (Å²) in [6.45, 7) is 0.571. The molecule has 5 nitrogen and oxygen atoms in total. The van der Waals surface area contributed by atoms with Gasteiger partial charge in [0.05, 0.1) is 30.1 Å². The van der Waals surface area contributed by atoms with Gasteiger partial charge in [-0.05, 0) is 48.6 Å². The van der Waals surface area contributed by atoms with E-state index in [0.717, 1.165) is 47.3 Å². The van der Waals surface area contributed by atoms with Crippen molar-refractivity contribution in [1.82, 2.24) is 15.5 Å². The molecule has 0 radical (unpaired) electrons. The highest BCUT2D eigenvalue weighted by Gasteiger charge is 2.29. The van der Waals surface area contributed by atoms with Gasteiger partial charge in [0.25, 0.3) is 5.91 Å². The smallest absolute Gasteiger partial charge is 0.251 e. The molecule has 33 heavy (non-hydrogen) atoms. The second kappa shape index (κ2) is 9.84. The van der Waals surface area contributed by atoms with E-state index in [1.165, 1.54) is 0 Å². The number of nitrogens with zero attached hydrogens (tertiary/aromatic N) is 1. The zero-order valence-electron chi connectivity index (χ0n) is 18.4. The van der Waals surface area contributed by atoms with Gasteiger partial charge in [0.2, 0.25) is 0 Å². The number of ether oxygens (including phenoxy) is 1. The van der Waals surface area contributed by atoms with E-state index in [1.807, 2.05) is 78.9 Å². The van der Waals surface area contributed by atoms with Crippen molar-refractivity contribution in [3.63, 3.8) is 0 Å². The summed E-state index contributed by atoms with van der Waals surface area (Å²) >= 11 is 0. The molecule has 2 N–H and O–H groups in total. The van der Waals surface area contributed by atoms with Crippen LogP contribution < -0.4 is 5.32 Å². The first-order valence-corrected chi connectivity index (χ1v) is 11.4. The maximum absolute atomic E-state index is 12.9. The summed E-state index contributed by atoms with van der Waals surface area (Å²) in [5, 5.41) is 10.7.